The zero-order valence-corrected chi connectivity index (χ0v) is 12.4. The quantitative estimate of drug-likeness (QED) is 0.858. The van der Waals surface area contributed by atoms with E-state index in [0.717, 1.165) is 24.1 Å². The van der Waals surface area contributed by atoms with Gasteiger partial charge in [-0.25, -0.2) is 4.39 Å². The molecule has 0 saturated carbocycles. The summed E-state index contributed by atoms with van der Waals surface area (Å²) in [6.07, 6.45) is 1.56. The van der Waals surface area contributed by atoms with Crippen molar-refractivity contribution in [3.8, 4) is 0 Å². The molecule has 3 rings (SSSR count). The van der Waals surface area contributed by atoms with E-state index in [4.69, 9.17) is 4.74 Å². The van der Waals surface area contributed by atoms with Gasteiger partial charge in [-0.2, -0.15) is 0 Å². The highest BCUT2D eigenvalue weighted by atomic mass is 19.1. The summed E-state index contributed by atoms with van der Waals surface area (Å²) >= 11 is 0. The van der Waals surface area contributed by atoms with Crippen molar-refractivity contribution in [2.75, 3.05) is 5.32 Å². The van der Waals surface area contributed by atoms with Gasteiger partial charge in [-0.05, 0) is 31.0 Å². The molecule has 3 heteroatoms. The van der Waals surface area contributed by atoms with E-state index in [1.165, 1.54) is 17.7 Å². The van der Waals surface area contributed by atoms with Gasteiger partial charge in [-0.1, -0.05) is 44.2 Å². The molecule has 0 radical (unpaired) electrons. The largest absolute Gasteiger partial charge is 0.356 e. The number of halogens is 1. The standard InChI is InChI=1S/C18H20FNO/c1-3-18(4-2)15-7-5-6-8-16(15)20-17(21-18)13-9-11-14(19)12-10-13/h5-12,17,20H,3-4H2,1-2H3/t17-/m1/s1. The van der Waals surface area contributed by atoms with Gasteiger partial charge in [0.1, 0.15) is 5.82 Å². The number of fused-ring (bicyclic) bond motifs is 1. The number of para-hydroxylation sites is 1. The van der Waals surface area contributed by atoms with Crippen molar-refractivity contribution >= 4 is 5.69 Å². The highest BCUT2D eigenvalue weighted by Crippen LogP contribution is 2.45. The number of ether oxygens (including phenoxy) is 1. The summed E-state index contributed by atoms with van der Waals surface area (Å²) in [7, 11) is 0. The maximum atomic E-state index is 13.1. The molecule has 1 aliphatic rings. The molecule has 1 aliphatic heterocycles. The molecule has 2 nitrogen and oxygen atoms in total. The molecule has 21 heavy (non-hydrogen) atoms. The Hall–Kier alpha value is -1.87. The summed E-state index contributed by atoms with van der Waals surface area (Å²) in [5, 5.41) is 3.41. The van der Waals surface area contributed by atoms with Gasteiger partial charge in [0.2, 0.25) is 0 Å². The Morgan fingerprint density at radius 2 is 1.71 bits per heavy atom. The lowest BCUT2D eigenvalue weighted by atomic mass is 9.85. The second kappa shape index (κ2) is 5.49. The molecule has 0 spiro atoms. The van der Waals surface area contributed by atoms with Crippen LogP contribution in [0.3, 0.4) is 0 Å². The molecule has 1 N–H and O–H groups in total. The third kappa shape index (κ3) is 2.42. The first-order valence-electron chi connectivity index (χ1n) is 7.48. The van der Waals surface area contributed by atoms with Crippen LogP contribution in [0.2, 0.25) is 0 Å². The summed E-state index contributed by atoms with van der Waals surface area (Å²) in [4.78, 5) is 0. The first-order valence-corrected chi connectivity index (χ1v) is 7.48. The van der Waals surface area contributed by atoms with E-state index in [-0.39, 0.29) is 17.6 Å². The highest BCUT2D eigenvalue weighted by molar-refractivity contribution is 5.56. The average Bonchev–Trinajstić information content (AvgIpc) is 2.54. The van der Waals surface area contributed by atoms with Crippen LogP contribution < -0.4 is 5.32 Å². The summed E-state index contributed by atoms with van der Waals surface area (Å²) < 4.78 is 19.5. The van der Waals surface area contributed by atoms with Crippen LogP contribution in [-0.2, 0) is 10.3 Å². The zero-order chi connectivity index (χ0) is 14.9. The predicted molar refractivity (Wildman–Crippen MR) is 82.6 cm³/mol. The van der Waals surface area contributed by atoms with Gasteiger partial charge in [0.25, 0.3) is 0 Å². The normalized spacial score (nSPS) is 19.7. The molecule has 0 aromatic heterocycles. The molecule has 0 saturated heterocycles. The second-order valence-corrected chi connectivity index (χ2v) is 5.44. The van der Waals surface area contributed by atoms with Crippen molar-refractivity contribution in [1.29, 1.82) is 0 Å². The smallest absolute Gasteiger partial charge is 0.155 e. The van der Waals surface area contributed by atoms with Crippen LogP contribution >= 0.6 is 0 Å². The molecule has 0 amide bonds. The van der Waals surface area contributed by atoms with E-state index in [0.29, 0.717) is 0 Å². The number of hydrogen-bond donors (Lipinski definition) is 1. The number of nitrogens with one attached hydrogen (secondary N) is 1. The van der Waals surface area contributed by atoms with E-state index in [9.17, 15) is 4.39 Å². The van der Waals surface area contributed by atoms with Gasteiger partial charge in [0.15, 0.2) is 6.23 Å². The van der Waals surface area contributed by atoms with Crippen LogP contribution in [0.5, 0.6) is 0 Å². The average molecular weight is 285 g/mol. The third-order valence-electron chi connectivity index (χ3n) is 4.36. The lowest BCUT2D eigenvalue weighted by molar-refractivity contribution is -0.103. The Labute approximate surface area is 125 Å². The fourth-order valence-corrected chi connectivity index (χ4v) is 3.05. The summed E-state index contributed by atoms with van der Waals surface area (Å²) in [5.41, 5.74) is 2.95. The van der Waals surface area contributed by atoms with Gasteiger partial charge in [0, 0.05) is 16.8 Å². The minimum absolute atomic E-state index is 0.229. The van der Waals surface area contributed by atoms with Crippen LogP contribution in [-0.4, -0.2) is 0 Å². The zero-order valence-electron chi connectivity index (χ0n) is 12.4. The molecule has 0 fully saturated rings. The molecule has 1 atom stereocenters. The molecule has 110 valence electrons. The number of hydrogen-bond acceptors (Lipinski definition) is 2. The van der Waals surface area contributed by atoms with Crippen molar-refractivity contribution in [1.82, 2.24) is 0 Å². The summed E-state index contributed by atoms with van der Waals surface area (Å²) in [6.45, 7) is 4.29. The Morgan fingerprint density at radius 1 is 1.05 bits per heavy atom. The number of benzene rings is 2. The Morgan fingerprint density at radius 3 is 2.38 bits per heavy atom. The van der Waals surface area contributed by atoms with Crippen molar-refractivity contribution < 1.29 is 9.13 Å². The predicted octanol–water partition coefficient (Wildman–Crippen LogP) is 4.98. The molecular weight excluding hydrogens is 265 g/mol. The molecular formula is C18H20FNO. The molecule has 0 unspecified atom stereocenters. The monoisotopic (exact) mass is 285 g/mol. The van der Waals surface area contributed by atoms with Gasteiger partial charge in [-0.15, -0.1) is 0 Å². The van der Waals surface area contributed by atoms with Gasteiger partial charge < -0.3 is 10.1 Å². The molecule has 2 aromatic rings. The lowest BCUT2D eigenvalue weighted by Gasteiger charge is -2.43. The Bertz CT molecular complexity index is 619. The van der Waals surface area contributed by atoms with Crippen LogP contribution in [0.4, 0.5) is 10.1 Å². The van der Waals surface area contributed by atoms with E-state index in [1.807, 2.05) is 12.1 Å². The topological polar surface area (TPSA) is 21.3 Å². The van der Waals surface area contributed by atoms with Gasteiger partial charge in [-0.3, -0.25) is 0 Å². The fraction of sp³-hybridized carbons (Fsp3) is 0.333. The third-order valence-corrected chi connectivity index (χ3v) is 4.36. The second-order valence-electron chi connectivity index (χ2n) is 5.44. The molecule has 0 bridgehead atoms. The molecule has 1 heterocycles. The van der Waals surface area contributed by atoms with Crippen LogP contribution in [0.15, 0.2) is 48.5 Å². The first-order chi connectivity index (χ1) is 10.2. The van der Waals surface area contributed by atoms with Crippen molar-refractivity contribution in [2.45, 2.75) is 38.5 Å². The van der Waals surface area contributed by atoms with Gasteiger partial charge in [0.05, 0.1) is 5.60 Å². The Kier molecular flexibility index (Phi) is 3.68. The minimum Gasteiger partial charge on any atom is -0.356 e. The SMILES string of the molecule is CCC1(CC)O[C@H](c2ccc(F)cc2)Nc2ccccc21. The van der Waals surface area contributed by atoms with Crippen molar-refractivity contribution in [2.24, 2.45) is 0 Å². The first kappa shape index (κ1) is 14.1. The van der Waals surface area contributed by atoms with E-state index >= 15 is 0 Å². The molecule has 2 aromatic carbocycles. The van der Waals surface area contributed by atoms with E-state index in [1.54, 1.807) is 12.1 Å². The van der Waals surface area contributed by atoms with E-state index < -0.39 is 0 Å². The molecule has 0 aliphatic carbocycles. The van der Waals surface area contributed by atoms with Crippen LogP contribution in [0.1, 0.15) is 44.0 Å². The maximum Gasteiger partial charge on any atom is 0.155 e. The van der Waals surface area contributed by atoms with Crippen LogP contribution in [0.25, 0.3) is 0 Å². The summed E-state index contributed by atoms with van der Waals surface area (Å²) in [6, 6.07) is 14.8. The minimum atomic E-state index is -0.291. The van der Waals surface area contributed by atoms with Crippen molar-refractivity contribution in [3.63, 3.8) is 0 Å². The fourth-order valence-electron chi connectivity index (χ4n) is 3.05. The van der Waals surface area contributed by atoms with Crippen molar-refractivity contribution in [3.05, 3.63) is 65.5 Å². The van der Waals surface area contributed by atoms with Crippen LogP contribution in [0, 0.1) is 5.82 Å². The van der Waals surface area contributed by atoms with Gasteiger partial charge >= 0.3 is 0 Å². The lowest BCUT2D eigenvalue weighted by Crippen LogP contribution is -2.37. The highest BCUT2D eigenvalue weighted by Gasteiger charge is 2.38. The number of anilines is 1. The van der Waals surface area contributed by atoms with E-state index in [2.05, 4.69) is 31.3 Å². The Balaban J connectivity index is 2.03. The summed E-state index contributed by atoms with van der Waals surface area (Å²) in [5.74, 6) is -0.229. The maximum absolute atomic E-state index is 13.1. The number of rotatable bonds is 3.